The van der Waals surface area contributed by atoms with Crippen LogP contribution < -0.4 is 15.4 Å². The average Bonchev–Trinajstić information content (AvgIpc) is 2.86. The van der Waals surface area contributed by atoms with Crippen molar-refractivity contribution in [3.05, 3.63) is 90.0 Å². The normalized spacial score (nSPS) is 13.9. The fourth-order valence-electron chi connectivity index (χ4n) is 3.73. The summed E-state index contributed by atoms with van der Waals surface area (Å²) < 4.78 is 5.21. The van der Waals surface area contributed by atoms with Crippen LogP contribution in [0.5, 0.6) is 5.75 Å². The second-order valence-corrected chi connectivity index (χ2v) is 7.94. The van der Waals surface area contributed by atoms with Gasteiger partial charge in [-0.15, -0.1) is 0 Å². The Bertz CT molecular complexity index is 1060. The quantitative estimate of drug-likeness (QED) is 0.595. The molecule has 1 heterocycles. The number of amides is 3. The van der Waals surface area contributed by atoms with Crippen molar-refractivity contribution in [3.63, 3.8) is 0 Å². The zero-order chi connectivity index (χ0) is 23.0. The lowest BCUT2D eigenvalue weighted by molar-refractivity contribution is 0.102. The van der Waals surface area contributed by atoms with Crippen LogP contribution in [0.25, 0.3) is 0 Å². The van der Waals surface area contributed by atoms with Crippen LogP contribution in [-0.2, 0) is 6.54 Å². The minimum Gasteiger partial charge on any atom is -0.497 e. The Labute approximate surface area is 194 Å². The minimum absolute atomic E-state index is 0.124. The van der Waals surface area contributed by atoms with Gasteiger partial charge in [-0.2, -0.15) is 0 Å². The van der Waals surface area contributed by atoms with Crippen LogP contribution in [0, 0.1) is 0 Å². The molecule has 1 aliphatic heterocycles. The van der Waals surface area contributed by atoms with Crippen LogP contribution in [-0.4, -0.2) is 55.0 Å². The summed E-state index contributed by atoms with van der Waals surface area (Å²) in [4.78, 5) is 29.2. The summed E-state index contributed by atoms with van der Waals surface area (Å²) in [6.07, 6.45) is 0. The number of benzene rings is 3. The highest BCUT2D eigenvalue weighted by Gasteiger charge is 2.21. The van der Waals surface area contributed by atoms with E-state index in [2.05, 4.69) is 27.7 Å². The molecule has 0 bridgehead atoms. The first kappa shape index (κ1) is 22.4. The van der Waals surface area contributed by atoms with Crippen LogP contribution >= 0.6 is 0 Å². The summed E-state index contributed by atoms with van der Waals surface area (Å²) in [5, 5.41) is 5.78. The van der Waals surface area contributed by atoms with Crippen LogP contribution in [0.2, 0.25) is 0 Å². The molecule has 1 fully saturated rings. The number of hydrogen-bond acceptors (Lipinski definition) is 4. The van der Waals surface area contributed by atoms with Crippen LogP contribution in [0.4, 0.5) is 16.2 Å². The smallest absolute Gasteiger partial charge is 0.321 e. The Morgan fingerprint density at radius 1 is 0.788 bits per heavy atom. The second-order valence-electron chi connectivity index (χ2n) is 7.94. The van der Waals surface area contributed by atoms with Crippen molar-refractivity contribution in [1.82, 2.24) is 9.80 Å². The van der Waals surface area contributed by atoms with Crippen LogP contribution in [0.15, 0.2) is 78.9 Å². The monoisotopic (exact) mass is 444 g/mol. The molecule has 1 aliphatic rings. The van der Waals surface area contributed by atoms with E-state index in [1.54, 1.807) is 31.4 Å². The largest absolute Gasteiger partial charge is 0.497 e. The van der Waals surface area contributed by atoms with Gasteiger partial charge in [-0.3, -0.25) is 9.69 Å². The van der Waals surface area contributed by atoms with Crippen molar-refractivity contribution in [2.45, 2.75) is 6.54 Å². The number of methoxy groups -OCH3 is 1. The first-order chi connectivity index (χ1) is 16.1. The molecule has 7 heteroatoms. The third-order valence-electron chi connectivity index (χ3n) is 5.65. The molecule has 0 atom stereocenters. The van der Waals surface area contributed by atoms with Gasteiger partial charge in [0.15, 0.2) is 0 Å². The van der Waals surface area contributed by atoms with Gasteiger partial charge in [-0.1, -0.05) is 30.3 Å². The van der Waals surface area contributed by atoms with Crippen molar-refractivity contribution in [2.75, 3.05) is 43.9 Å². The Kier molecular flexibility index (Phi) is 7.22. The molecule has 2 N–H and O–H groups in total. The molecule has 0 aromatic heterocycles. The fraction of sp³-hybridized carbons (Fsp3) is 0.231. The predicted octanol–water partition coefficient (Wildman–Crippen LogP) is 4.30. The lowest BCUT2D eigenvalue weighted by Gasteiger charge is -2.34. The number of hydrogen-bond donors (Lipinski definition) is 2. The molecule has 170 valence electrons. The number of carbonyl (C=O) groups is 2. The second kappa shape index (κ2) is 10.7. The number of anilines is 2. The molecule has 0 radical (unpaired) electrons. The van der Waals surface area contributed by atoms with Gasteiger partial charge in [0, 0.05) is 49.7 Å². The molecular formula is C26H28N4O3. The van der Waals surface area contributed by atoms with E-state index in [-0.39, 0.29) is 11.9 Å². The minimum atomic E-state index is -0.188. The maximum atomic E-state index is 12.7. The number of para-hydroxylation sites is 1. The molecule has 3 amide bonds. The van der Waals surface area contributed by atoms with Gasteiger partial charge in [0.2, 0.25) is 0 Å². The Morgan fingerprint density at radius 3 is 2.06 bits per heavy atom. The molecule has 7 nitrogen and oxygen atoms in total. The molecule has 0 spiro atoms. The SMILES string of the molecule is COc1ccc(CN2CCN(C(=O)Nc3ccc(C(=O)Nc4ccccc4)cc3)CC2)cc1. The van der Waals surface area contributed by atoms with Crippen molar-refractivity contribution in [2.24, 2.45) is 0 Å². The van der Waals surface area contributed by atoms with Gasteiger partial charge in [-0.05, 0) is 54.1 Å². The third kappa shape index (κ3) is 6.11. The lowest BCUT2D eigenvalue weighted by Crippen LogP contribution is -2.49. The Balaban J connectivity index is 1.24. The number of carbonyl (C=O) groups excluding carboxylic acids is 2. The summed E-state index contributed by atoms with van der Waals surface area (Å²) in [5.74, 6) is 0.664. The number of rotatable bonds is 6. The van der Waals surface area contributed by atoms with Crippen molar-refractivity contribution in [1.29, 1.82) is 0 Å². The van der Waals surface area contributed by atoms with Crippen LogP contribution in [0.1, 0.15) is 15.9 Å². The molecule has 3 aromatic rings. The molecule has 0 aliphatic carbocycles. The molecule has 33 heavy (non-hydrogen) atoms. The zero-order valence-electron chi connectivity index (χ0n) is 18.7. The van der Waals surface area contributed by atoms with Gasteiger partial charge >= 0.3 is 6.03 Å². The molecule has 3 aromatic carbocycles. The van der Waals surface area contributed by atoms with E-state index in [0.29, 0.717) is 24.3 Å². The maximum Gasteiger partial charge on any atom is 0.321 e. The van der Waals surface area contributed by atoms with E-state index >= 15 is 0 Å². The summed E-state index contributed by atoms with van der Waals surface area (Å²) in [7, 11) is 1.66. The first-order valence-electron chi connectivity index (χ1n) is 11.0. The van der Waals surface area contributed by atoms with Gasteiger partial charge in [0.25, 0.3) is 5.91 Å². The summed E-state index contributed by atoms with van der Waals surface area (Å²) in [5.41, 5.74) is 3.16. The molecule has 0 unspecified atom stereocenters. The molecule has 1 saturated heterocycles. The van der Waals surface area contributed by atoms with Gasteiger partial charge in [-0.25, -0.2) is 4.79 Å². The van der Waals surface area contributed by atoms with E-state index in [1.807, 2.05) is 47.4 Å². The number of nitrogens with zero attached hydrogens (tertiary/aromatic N) is 2. The van der Waals surface area contributed by atoms with Crippen LogP contribution in [0.3, 0.4) is 0 Å². The number of urea groups is 1. The third-order valence-corrected chi connectivity index (χ3v) is 5.65. The fourth-order valence-corrected chi connectivity index (χ4v) is 3.73. The summed E-state index contributed by atoms with van der Waals surface area (Å²) >= 11 is 0. The zero-order valence-corrected chi connectivity index (χ0v) is 18.7. The summed E-state index contributed by atoms with van der Waals surface area (Å²) in [6, 6.07) is 24.2. The number of nitrogens with one attached hydrogen (secondary N) is 2. The Hall–Kier alpha value is -3.84. The van der Waals surface area contributed by atoms with E-state index in [4.69, 9.17) is 4.74 Å². The van der Waals surface area contributed by atoms with Gasteiger partial charge < -0.3 is 20.3 Å². The standard InChI is InChI=1S/C26H28N4O3/c1-33-24-13-7-20(8-14-24)19-29-15-17-30(18-16-29)26(32)28-23-11-9-21(10-12-23)25(31)27-22-5-3-2-4-6-22/h2-14H,15-19H2,1H3,(H,27,31)(H,28,32). The predicted molar refractivity (Wildman–Crippen MR) is 130 cm³/mol. The van der Waals surface area contributed by atoms with E-state index < -0.39 is 0 Å². The average molecular weight is 445 g/mol. The lowest BCUT2D eigenvalue weighted by atomic mass is 10.2. The number of ether oxygens (including phenoxy) is 1. The van der Waals surface area contributed by atoms with Gasteiger partial charge in [0.1, 0.15) is 5.75 Å². The molecule has 0 saturated carbocycles. The Morgan fingerprint density at radius 2 is 1.42 bits per heavy atom. The summed E-state index contributed by atoms with van der Waals surface area (Å²) in [6.45, 7) is 3.82. The van der Waals surface area contributed by atoms with E-state index in [1.165, 1.54) is 5.56 Å². The first-order valence-corrected chi connectivity index (χ1v) is 11.0. The maximum absolute atomic E-state index is 12.7. The van der Waals surface area contributed by atoms with Crippen molar-refractivity contribution < 1.29 is 14.3 Å². The topological polar surface area (TPSA) is 73.9 Å². The highest BCUT2D eigenvalue weighted by Crippen LogP contribution is 2.16. The van der Waals surface area contributed by atoms with Gasteiger partial charge in [0.05, 0.1) is 7.11 Å². The van der Waals surface area contributed by atoms with Crippen molar-refractivity contribution >= 4 is 23.3 Å². The number of piperazine rings is 1. The van der Waals surface area contributed by atoms with E-state index in [0.717, 1.165) is 31.1 Å². The van der Waals surface area contributed by atoms with E-state index in [9.17, 15) is 9.59 Å². The molecule has 4 rings (SSSR count). The highest BCUT2D eigenvalue weighted by atomic mass is 16.5. The van der Waals surface area contributed by atoms with Crippen molar-refractivity contribution in [3.8, 4) is 5.75 Å². The molecular weight excluding hydrogens is 416 g/mol. The highest BCUT2D eigenvalue weighted by molar-refractivity contribution is 6.04.